The molecule has 13 heteroatoms. The zero-order valence-corrected chi connectivity index (χ0v) is 22.6. The Morgan fingerprint density at radius 3 is 2.68 bits per heavy atom. The molecule has 0 radical (unpaired) electrons. The fourth-order valence-electron chi connectivity index (χ4n) is 5.32. The second-order valence-corrected chi connectivity index (χ2v) is 10.4. The summed E-state index contributed by atoms with van der Waals surface area (Å²) in [7, 11) is 1.77. The van der Waals surface area contributed by atoms with Crippen molar-refractivity contribution in [3.63, 3.8) is 0 Å². The molecule has 3 aliphatic rings. The zero-order valence-electron chi connectivity index (χ0n) is 22.6. The topological polar surface area (TPSA) is 209 Å². The van der Waals surface area contributed by atoms with E-state index in [1.54, 1.807) is 7.05 Å². The summed E-state index contributed by atoms with van der Waals surface area (Å²) < 4.78 is 24.2. The molecule has 10 atom stereocenters. The fraction of sp³-hybridized carbons (Fsp3) is 0.880. The number of rotatable bonds is 13. The van der Waals surface area contributed by atoms with Gasteiger partial charge >= 0.3 is 0 Å². The van der Waals surface area contributed by atoms with Gasteiger partial charge in [-0.25, -0.2) is 0 Å². The van der Waals surface area contributed by atoms with E-state index in [0.717, 1.165) is 12.2 Å². The highest BCUT2D eigenvalue weighted by atomic mass is 16.7. The van der Waals surface area contributed by atoms with Crippen LogP contribution in [0.1, 0.15) is 39.0 Å². The second-order valence-electron chi connectivity index (χ2n) is 10.4. The molecule has 1 saturated carbocycles. The Morgan fingerprint density at radius 1 is 1.18 bits per heavy atom. The number of carbonyl (C=O) groups excluding carboxylic acids is 1. The molecule has 1 aliphatic carbocycles. The molecule has 2 heterocycles. The third kappa shape index (κ3) is 8.31. The van der Waals surface area contributed by atoms with Crippen molar-refractivity contribution >= 4 is 5.91 Å². The lowest BCUT2D eigenvalue weighted by molar-refractivity contribution is -0.286. The molecule has 0 aromatic carbocycles. The predicted octanol–water partition coefficient (Wildman–Crippen LogP) is -2.42. The summed E-state index contributed by atoms with van der Waals surface area (Å²) in [4.78, 5) is 12.6. The van der Waals surface area contributed by atoms with Crippen LogP contribution in [0.5, 0.6) is 0 Å². The normalized spacial score (nSPS) is 37.8. The van der Waals surface area contributed by atoms with Gasteiger partial charge in [0.05, 0.1) is 19.2 Å². The monoisotopic (exact) mass is 544 g/mol. The van der Waals surface area contributed by atoms with Crippen molar-refractivity contribution in [3.8, 4) is 0 Å². The maximum Gasteiger partial charge on any atom is 0.220 e. The molecule has 13 nitrogen and oxygen atoms in total. The molecule has 0 unspecified atom stereocenters. The number of carbonyl (C=O) groups is 1. The Hall–Kier alpha value is -1.39. The van der Waals surface area contributed by atoms with E-state index in [2.05, 4.69) is 16.0 Å². The van der Waals surface area contributed by atoms with Crippen LogP contribution in [0.15, 0.2) is 11.8 Å². The Bertz CT molecular complexity index is 762. The molecule has 11 N–H and O–H groups in total. The summed E-state index contributed by atoms with van der Waals surface area (Å²) in [5.74, 6) is 0.597. The first-order chi connectivity index (χ1) is 18.3. The van der Waals surface area contributed by atoms with E-state index in [4.69, 9.17) is 36.1 Å². The molecule has 220 valence electrons. The number of nitrogens with two attached hydrogens (primary N) is 3. The van der Waals surface area contributed by atoms with Gasteiger partial charge in [0.1, 0.15) is 30.2 Å². The van der Waals surface area contributed by atoms with Gasteiger partial charge in [0, 0.05) is 38.0 Å². The highest BCUT2D eigenvalue weighted by molar-refractivity contribution is 5.76. The first-order valence-electron chi connectivity index (χ1n) is 13.8. The summed E-state index contributed by atoms with van der Waals surface area (Å²) in [6.45, 7) is 4.44. The molecule has 2 aliphatic heterocycles. The number of hydrogen-bond donors (Lipinski definition) is 8. The first kappa shape index (κ1) is 31.1. The lowest BCUT2D eigenvalue weighted by atomic mass is 9.83. The van der Waals surface area contributed by atoms with E-state index in [1.165, 1.54) is 0 Å². The van der Waals surface area contributed by atoms with Gasteiger partial charge in [-0.2, -0.15) is 0 Å². The zero-order chi connectivity index (χ0) is 27.7. The maximum atomic E-state index is 12.6. The molecule has 0 spiro atoms. The number of likely N-dealkylation sites (N-methyl/N-ethyl adjacent to an activating group) is 1. The lowest BCUT2D eigenvalue weighted by Crippen LogP contribution is -2.67. The summed E-state index contributed by atoms with van der Waals surface area (Å²) in [6.07, 6.45) is -1.11. The van der Waals surface area contributed by atoms with Gasteiger partial charge < -0.3 is 62.3 Å². The molecule has 0 bridgehead atoms. The van der Waals surface area contributed by atoms with Gasteiger partial charge in [-0.3, -0.25) is 4.79 Å². The Kier molecular flexibility index (Phi) is 12.6. The summed E-state index contributed by atoms with van der Waals surface area (Å²) in [5, 5.41) is 31.6. The smallest absolute Gasteiger partial charge is 0.220 e. The van der Waals surface area contributed by atoms with Gasteiger partial charge in [-0.15, -0.1) is 0 Å². The predicted molar refractivity (Wildman–Crippen MR) is 140 cm³/mol. The maximum absolute atomic E-state index is 12.6. The molecule has 1 amide bonds. The number of ether oxygens (including phenoxy) is 4. The SMILES string of the molecule is CN[C@@H]1[C@@H](O)[C@@H](O[C@@H]2[C@@H](O)[C@H](O[C@@H]3CCC=C(CNCCN)O3)[C@@H](N)C[C@H]2NC(=O)CCCN)OC[C@H]1C. The minimum Gasteiger partial charge on any atom is -0.468 e. The largest absolute Gasteiger partial charge is 0.468 e. The molecular formula is C25H48N6O7. The number of aliphatic hydroxyl groups is 2. The van der Waals surface area contributed by atoms with Gasteiger partial charge in [0.25, 0.3) is 0 Å². The summed E-state index contributed by atoms with van der Waals surface area (Å²) in [5.41, 5.74) is 17.6. The van der Waals surface area contributed by atoms with Crippen LogP contribution in [-0.2, 0) is 23.7 Å². The third-order valence-corrected chi connectivity index (χ3v) is 7.37. The minimum atomic E-state index is -1.21. The Labute approximate surface area is 225 Å². The summed E-state index contributed by atoms with van der Waals surface area (Å²) >= 11 is 0. The molecule has 0 aromatic rings. The number of hydrogen-bond acceptors (Lipinski definition) is 12. The van der Waals surface area contributed by atoms with E-state index in [-0.39, 0.29) is 24.3 Å². The highest BCUT2D eigenvalue weighted by Crippen LogP contribution is 2.31. The molecule has 0 aromatic heterocycles. The molecule has 3 rings (SSSR count). The van der Waals surface area contributed by atoms with Crippen molar-refractivity contribution in [1.29, 1.82) is 0 Å². The molecular weight excluding hydrogens is 496 g/mol. The van der Waals surface area contributed by atoms with Crippen LogP contribution in [0.3, 0.4) is 0 Å². The van der Waals surface area contributed by atoms with E-state index in [9.17, 15) is 15.0 Å². The number of amides is 1. The number of aliphatic hydroxyl groups excluding tert-OH is 2. The van der Waals surface area contributed by atoms with Crippen molar-refractivity contribution in [2.24, 2.45) is 23.1 Å². The average molecular weight is 545 g/mol. The van der Waals surface area contributed by atoms with Crippen LogP contribution in [0.4, 0.5) is 0 Å². The number of nitrogens with one attached hydrogen (secondary N) is 3. The van der Waals surface area contributed by atoms with E-state index < -0.39 is 49.1 Å². The van der Waals surface area contributed by atoms with Crippen LogP contribution < -0.4 is 33.2 Å². The number of allylic oxidation sites excluding steroid dienone is 1. The fourth-order valence-corrected chi connectivity index (χ4v) is 5.32. The lowest BCUT2D eigenvalue weighted by Gasteiger charge is -2.47. The quantitative estimate of drug-likeness (QED) is 0.114. The Morgan fingerprint density at radius 2 is 1.97 bits per heavy atom. The molecule has 2 fully saturated rings. The third-order valence-electron chi connectivity index (χ3n) is 7.37. The highest BCUT2D eigenvalue weighted by Gasteiger charge is 2.49. The van der Waals surface area contributed by atoms with Gasteiger partial charge in [-0.1, -0.05) is 6.92 Å². The van der Waals surface area contributed by atoms with Crippen LogP contribution >= 0.6 is 0 Å². The molecule has 38 heavy (non-hydrogen) atoms. The van der Waals surface area contributed by atoms with Gasteiger partial charge in [0.15, 0.2) is 12.6 Å². The minimum absolute atomic E-state index is 0.0624. The first-order valence-corrected chi connectivity index (χ1v) is 13.8. The standard InChI is InChI=1S/C25H48N6O7/c1-14-13-35-25(21(33)20(14)29-2)38-24-17(31-18(32)6-4-8-26)11-16(28)23(22(24)34)37-19-7-3-5-15(36-19)12-30-10-9-27/h5,14,16-17,19-25,29-30,33-34H,3-4,6-13,26-28H2,1-2H3,(H,31,32)/t14-,16+,17-,19-,20+,21-,22+,23-,24+,25-/m1/s1. The average Bonchev–Trinajstić information content (AvgIpc) is 2.89. The van der Waals surface area contributed by atoms with Crippen LogP contribution in [0.2, 0.25) is 0 Å². The van der Waals surface area contributed by atoms with Gasteiger partial charge in [0.2, 0.25) is 5.91 Å². The summed E-state index contributed by atoms with van der Waals surface area (Å²) in [6, 6.07) is -1.47. The van der Waals surface area contributed by atoms with Crippen molar-refractivity contribution < 1.29 is 34.0 Å². The van der Waals surface area contributed by atoms with E-state index >= 15 is 0 Å². The van der Waals surface area contributed by atoms with E-state index in [0.29, 0.717) is 52.0 Å². The van der Waals surface area contributed by atoms with Crippen molar-refractivity contribution in [1.82, 2.24) is 16.0 Å². The molecule has 1 saturated heterocycles. The van der Waals surface area contributed by atoms with Crippen molar-refractivity contribution in [2.45, 2.75) is 94.1 Å². The van der Waals surface area contributed by atoms with Crippen molar-refractivity contribution in [2.75, 3.05) is 39.8 Å². The van der Waals surface area contributed by atoms with Crippen LogP contribution in [-0.4, -0.2) is 111 Å². The van der Waals surface area contributed by atoms with E-state index in [1.807, 2.05) is 13.0 Å². The van der Waals surface area contributed by atoms with Crippen molar-refractivity contribution in [3.05, 3.63) is 11.8 Å². The second kappa shape index (κ2) is 15.4. The van der Waals surface area contributed by atoms with Crippen LogP contribution in [0.25, 0.3) is 0 Å². The van der Waals surface area contributed by atoms with Gasteiger partial charge in [-0.05, 0) is 44.8 Å². The Balaban J connectivity index is 1.71. The van der Waals surface area contributed by atoms with Crippen LogP contribution in [0, 0.1) is 5.92 Å².